The molecule has 0 radical (unpaired) electrons. The fraction of sp³-hybridized carbons (Fsp3) is 0.615. The van der Waals surface area contributed by atoms with Gasteiger partial charge in [-0.1, -0.05) is 11.6 Å². The largest absolute Gasteiger partial charge is 0.381 e. The maximum Gasteiger partial charge on any atom is 0.289 e. The van der Waals surface area contributed by atoms with E-state index in [0.29, 0.717) is 38.4 Å². The molecule has 1 aliphatic rings. The molecule has 1 aliphatic heterocycles. The first-order valence-corrected chi connectivity index (χ1v) is 9.44. The maximum absolute atomic E-state index is 11.7. The van der Waals surface area contributed by atoms with Crippen molar-refractivity contribution in [2.45, 2.75) is 12.8 Å². The molecule has 10 heteroatoms. The molecule has 0 aliphatic carbocycles. The Bertz CT molecular complexity index is 689. The van der Waals surface area contributed by atoms with Gasteiger partial charge in [0, 0.05) is 37.5 Å². The standard InChI is InChI=1S/C13H18ClN3O5S/c1-23(20,21)9-13(2-4-22-5-3-13)8-16-12-11(14)6-10(7-15-12)17(18)19/h6-7H,2-5,8-9H2,1H3,(H,15,16). The Labute approximate surface area is 139 Å². The van der Waals surface area contributed by atoms with Crippen molar-refractivity contribution < 1.29 is 18.1 Å². The molecule has 0 amide bonds. The molecule has 1 saturated heterocycles. The summed E-state index contributed by atoms with van der Waals surface area (Å²) >= 11 is 6.00. The zero-order valence-electron chi connectivity index (χ0n) is 12.6. The van der Waals surface area contributed by atoms with Crippen LogP contribution in [0.4, 0.5) is 11.5 Å². The van der Waals surface area contributed by atoms with E-state index in [1.165, 1.54) is 12.3 Å². The monoisotopic (exact) mass is 363 g/mol. The highest BCUT2D eigenvalue weighted by Crippen LogP contribution is 2.33. The molecule has 2 heterocycles. The maximum atomic E-state index is 11.7. The second-order valence-corrected chi connectivity index (χ2v) is 8.36. The van der Waals surface area contributed by atoms with Crippen molar-refractivity contribution >= 4 is 32.9 Å². The number of ether oxygens (including phenoxy) is 1. The Morgan fingerprint density at radius 1 is 1.48 bits per heavy atom. The molecule has 0 saturated carbocycles. The van der Waals surface area contributed by atoms with Crippen LogP contribution in [0, 0.1) is 15.5 Å². The Kier molecular flexibility index (Phi) is 5.43. The van der Waals surface area contributed by atoms with Crippen molar-refractivity contribution in [1.29, 1.82) is 0 Å². The Balaban J connectivity index is 2.14. The molecule has 8 nitrogen and oxygen atoms in total. The number of hydrogen-bond donors (Lipinski definition) is 1. The molecular formula is C13H18ClN3O5S. The summed E-state index contributed by atoms with van der Waals surface area (Å²) in [7, 11) is -3.15. The summed E-state index contributed by atoms with van der Waals surface area (Å²) in [6.07, 6.45) is 3.54. The lowest BCUT2D eigenvalue weighted by Gasteiger charge is -2.36. The van der Waals surface area contributed by atoms with Crippen molar-refractivity contribution in [3.8, 4) is 0 Å². The van der Waals surface area contributed by atoms with Gasteiger partial charge in [0.15, 0.2) is 0 Å². The molecule has 0 unspecified atom stereocenters. The molecule has 128 valence electrons. The highest BCUT2D eigenvalue weighted by atomic mass is 35.5. The van der Waals surface area contributed by atoms with Crippen molar-refractivity contribution in [3.05, 3.63) is 27.4 Å². The zero-order valence-corrected chi connectivity index (χ0v) is 14.2. The predicted molar refractivity (Wildman–Crippen MR) is 86.6 cm³/mol. The van der Waals surface area contributed by atoms with Gasteiger partial charge < -0.3 is 10.1 Å². The third-order valence-corrected chi connectivity index (χ3v) is 5.22. The molecule has 2 rings (SSSR count). The van der Waals surface area contributed by atoms with Crippen LogP contribution in [0.3, 0.4) is 0 Å². The van der Waals surface area contributed by atoms with E-state index < -0.39 is 20.2 Å². The lowest BCUT2D eigenvalue weighted by atomic mass is 9.82. The molecule has 0 bridgehead atoms. The van der Waals surface area contributed by atoms with Gasteiger partial charge in [0.2, 0.25) is 0 Å². The van der Waals surface area contributed by atoms with Gasteiger partial charge in [0.1, 0.15) is 21.9 Å². The lowest BCUT2D eigenvalue weighted by Crippen LogP contribution is -2.41. The molecule has 23 heavy (non-hydrogen) atoms. The van der Waals surface area contributed by atoms with Crippen molar-refractivity contribution in [2.24, 2.45) is 5.41 Å². The molecule has 1 N–H and O–H groups in total. The second kappa shape index (κ2) is 6.98. The first-order valence-electron chi connectivity index (χ1n) is 7.00. The van der Waals surface area contributed by atoms with Gasteiger partial charge in [-0.3, -0.25) is 10.1 Å². The van der Waals surface area contributed by atoms with Gasteiger partial charge in [0.25, 0.3) is 5.69 Å². The number of sulfone groups is 1. The summed E-state index contributed by atoms with van der Waals surface area (Å²) in [6.45, 7) is 1.35. The number of nitrogens with one attached hydrogen (secondary N) is 1. The molecule has 1 fully saturated rings. The summed E-state index contributed by atoms with van der Waals surface area (Å²) in [5.74, 6) is 0.345. The van der Waals surface area contributed by atoms with E-state index in [1.807, 2.05) is 0 Å². The van der Waals surface area contributed by atoms with E-state index in [9.17, 15) is 18.5 Å². The minimum absolute atomic E-state index is 0.0426. The zero-order chi connectivity index (χ0) is 17.1. The van der Waals surface area contributed by atoms with Crippen LogP contribution in [-0.2, 0) is 14.6 Å². The normalized spacial score (nSPS) is 17.7. The number of halogens is 1. The van der Waals surface area contributed by atoms with Crippen molar-refractivity contribution in [3.63, 3.8) is 0 Å². The molecular weight excluding hydrogens is 346 g/mol. The SMILES string of the molecule is CS(=O)(=O)CC1(CNc2ncc([N+](=O)[O-])cc2Cl)CCOCC1. The molecule has 1 aromatic heterocycles. The van der Waals surface area contributed by atoms with Crippen LogP contribution in [0.5, 0.6) is 0 Å². The van der Waals surface area contributed by atoms with E-state index >= 15 is 0 Å². The Hall–Kier alpha value is -1.45. The average molecular weight is 364 g/mol. The number of rotatable bonds is 6. The summed E-state index contributed by atoms with van der Waals surface area (Å²) < 4.78 is 28.8. The van der Waals surface area contributed by atoms with Gasteiger partial charge in [-0.05, 0) is 12.8 Å². The number of hydrogen-bond acceptors (Lipinski definition) is 7. The summed E-state index contributed by atoms with van der Waals surface area (Å²) in [5.41, 5.74) is -0.656. The average Bonchev–Trinajstić information content (AvgIpc) is 2.45. The summed E-state index contributed by atoms with van der Waals surface area (Å²) in [6, 6.07) is 1.21. The van der Waals surface area contributed by atoms with Crippen LogP contribution < -0.4 is 5.32 Å². The van der Waals surface area contributed by atoms with Crippen LogP contribution >= 0.6 is 11.6 Å². The molecule has 0 spiro atoms. The molecule has 0 aromatic carbocycles. The first-order chi connectivity index (χ1) is 10.7. The Morgan fingerprint density at radius 2 is 2.13 bits per heavy atom. The summed E-state index contributed by atoms with van der Waals surface area (Å²) in [4.78, 5) is 14.1. The minimum atomic E-state index is -3.15. The number of nitrogens with zero attached hydrogens (tertiary/aromatic N) is 2. The third-order valence-electron chi connectivity index (χ3n) is 3.79. The smallest absolute Gasteiger partial charge is 0.289 e. The van der Waals surface area contributed by atoms with E-state index in [-0.39, 0.29) is 16.5 Å². The van der Waals surface area contributed by atoms with Crippen LogP contribution in [0.15, 0.2) is 12.3 Å². The van der Waals surface area contributed by atoms with Gasteiger partial charge in [-0.2, -0.15) is 0 Å². The lowest BCUT2D eigenvalue weighted by molar-refractivity contribution is -0.385. The number of pyridine rings is 1. The number of anilines is 1. The van der Waals surface area contributed by atoms with Gasteiger partial charge in [-0.15, -0.1) is 0 Å². The predicted octanol–water partition coefficient (Wildman–Crippen LogP) is 1.90. The molecule has 0 atom stereocenters. The quantitative estimate of drug-likeness (QED) is 0.606. The fourth-order valence-corrected chi connectivity index (χ4v) is 4.39. The highest BCUT2D eigenvalue weighted by molar-refractivity contribution is 7.90. The van der Waals surface area contributed by atoms with Crippen LogP contribution in [0.25, 0.3) is 0 Å². The van der Waals surface area contributed by atoms with Crippen molar-refractivity contribution in [2.75, 3.05) is 37.1 Å². The van der Waals surface area contributed by atoms with Crippen LogP contribution in [-0.4, -0.2) is 50.1 Å². The number of nitro groups is 1. The molecule has 1 aromatic rings. The van der Waals surface area contributed by atoms with E-state index in [2.05, 4.69) is 10.3 Å². The number of aromatic nitrogens is 1. The second-order valence-electron chi connectivity index (χ2n) is 5.82. The van der Waals surface area contributed by atoms with E-state index in [4.69, 9.17) is 16.3 Å². The van der Waals surface area contributed by atoms with E-state index in [0.717, 1.165) is 6.20 Å². The van der Waals surface area contributed by atoms with Crippen LogP contribution in [0.1, 0.15) is 12.8 Å². The van der Waals surface area contributed by atoms with E-state index in [1.54, 1.807) is 0 Å². The van der Waals surface area contributed by atoms with Gasteiger partial charge >= 0.3 is 0 Å². The van der Waals surface area contributed by atoms with Crippen molar-refractivity contribution in [1.82, 2.24) is 4.98 Å². The van der Waals surface area contributed by atoms with Gasteiger partial charge in [0.05, 0.1) is 15.7 Å². The minimum Gasteiger partial charge on any atom is -0.381 e. The van der Waals surface area contributed by atoms with Gasteiger partial charge in [-0.25, -0.2) is 13.4 Å². The Morgan fingerprint density at radius 3 is 2.65 bits per heavy atom. The van der Waals surface area contributed by atoms with Crippen LogP contribution in [0.2, 0.25) is 5.02 Å². The fourth-order valence-electron chi connectivity index (χ4n) is 2.66. The summed E-state index contributed by atoms with van der Waals surface area (Å²) in [5, 5.41) is 13.8. The third kappa shape index (κ3) is 5.02. The topological polar surface area (TPSA) is 111 Å². The first kappa shape index (κ1) is 17.9. The highest BCUT2D eigenvalue weighted by Gasteiger charge is 2.36.